The van der Waals surface area contributed by atoms with Gasteiger partial charge in [-0.1, -0.05) is 37.1 Å². The van der Waals surface area contributed by atoms with Crippen LogP contribution in [0.5, 0.6) is 5.75 Å². The Labute approximate surface area is 256 Å². The first kappa shape index (κ1) is 31.0. The molecule has 2 N–H and O–H groups in total. The topological polar surface area (TPSA) is 143 Å². The SMILES string of the molecule is CC(C)(C)OC(=O)NCCOc1cccc2c1[C@@H](CN1C(=O)c3ccccc3C1=O)N(C(=O)[C@@H]1CCCC[C@@H]1C(=O)O)CC2. The molecule has 0 saturated heterocycles. The van der Waals surface area contributed by atoms with Crippen molar-refractivity contribution in [3.63, 3.8) is 0 Å². The van der Waals surface area contributed by atoms with Gasteiger partial charge in [0, 0.05) is 12.1 Å². The van der Waals surface area contributed by atoms with E-state index < -0.39 is 47.4 Å². The number of nitrogens with zero attached hydrogens (tertiary/aromatic N) is 2. The van der Waals surface area contributed by atoms with Crippen LogP contribution in [0.25, 0.3) is 0 Å². The predicted octanol–water partition coefficient (Wildman–Crippen LogP) is 4.20. The van der Waals surface area contributed by atoms with Crippen molar-refractivity contribution in [1.82, 2.24) is 15.1 Å². The number of hydrogen-bond acceptors (Lipinski definition) is 7. The van der Waals surface area contributed by atoms with Gasteiger partial charge < -0.3 is 24.8 Å². The smallest absolute Gasteiger partial charge is 0.407 e. The van der Waals surface area contributed by atoms with Gasteiger partial charge in [-0.2, -0.15) is 0 Å². The summed E-state index contributed by atoms with van der Waals surface area (Å²) in [5.41, 5.74) is 1.55. The molecule has 5 rings (SSSR count). The third-order valence-electron chi connectivity index (χ3n) is 8.43. The molecular weight excluding hydrogens is 566 g/mol. The number of amides is 4. The second-order valence-electron chi connectivity index (χ2n) is 12.5. The summed E-state index contributed by atoms with van der Waals surface area (Å²) in [6.45, 7) is 5.78. The number of carboxylic acids is 1. The minimum Gasteiger partial charge on any atom is -0.491 e. The molecule has 2 aromatic rings. The van der Waals surface area contributed by atoms with Crippen LogP contribution in [-0.2, 0) is 20.7 Å². The predicted molar refractivity (Wildman–Crippen MR) is 159 cm³/mol. The third-order valence-corrected chi connectivity index (χ3v) is 8.43. The molecular formula is C33H39N3O8. The van der Waals surface area contributed by atoms with Crippen molar-refractivity contribution < 1.29 is 38.6 Å². The molecule has 44 heavy (non-hydrogen) atoms. The van der Waals surface area contributed by atoms with Crippen LogP contribution in [0.15, 0.2) is 42.5 Å². The second-order valence-corrected chi connectivity index (χ2v) is 12.5. The van der Waals surface area contributed by atoms with Gasteiger partial charge in [-0.25, -0.2) is 4.79 Å². The van der Waals surface area contributed by atoms with Crippen LogP contribution in [-0.4, -0.2) is 76.5 Å². The summed E-state index contributed by atoms with van der Waals surface area (Å²) >= 11 is 0. The summed E-state index contributed by atoms with van der Waals surface area (Å²) in [6, 6.07) is 11.4. The average Bonchev–Trinajstić information content (AvgIpc) is 3.23. The van der Waals surface area contributed by atoms with E-state index in [0.29, 0.717) is 48.2 Å². The summed E-state index contributed by atoms with van der Waals surface area (Å²) in [6.07, 6.45) is 2.32. The van der Waals surface area contributed by atoms with E-state index in [0.717, 1.165) is 18.4 Å². The normalized spacial score (nSPS) is 21.4. The number of fused-ring (bicyclic) bond motifs is 2. The van der Waals surface area contributed by atoms with Crippen molar-refractivity contribution in [3.05, 3.63) is 64.7 Å². The maximum atomic E-state index is 14.2. The Hall–Kier alpha value is -4.41. The van der Waals surface area contributed by atoms with Crippen molar-refractivity contribution in [2.75, 3.05) is 26.2 Å². The molecule has 1 aliphatic carbocycles. The average molecular weight is 606 g/mol. The molecule has 0 bridgehead atoms. The van der Waals surface area contributed by atoms with Gasteiger partial charge in [0.25, 0.3) is 11.8 Å². The molecule has 2 aliphatic heterocycles. The number of hydrogen-bond donors (Lipinski definition) is 2. The monoisotopic (exact) mass is 605 g/mol. The van der Waals surface area contributed by atoms with E-state index in [1.54, 1.807) is 56.0 Å². The van der Waals surface area contributed by atoms with Gasteiger partial charge in [0.1, 0.15) is 18.0 Å². The van der Waals surface area contributed by atoms with Gasteiger partial charge in [-0.05, 0) is 63.8 Å². The fraction of sp³-hybridized carbons (Fsp3) is 0.485. The maximum Gasteiger partial charge on any atom is 0.407 e. The highest BCUT2D eigenvalue weighted by Crippen LogP contribution is 2.41. The van der Waals surface area contributed by atoms with E-state index in [9.17, 15) is 29.1 Å². The highest BCUT2D eigenvalue weighted by atomic mass is 16.6. The van der Waals surface area contributed by atoms with E-state index in [1.165, 1.54) is 4.90 Å². The zero-order valence-electron chi connectivity index (χ0n) is 25.3. The van der Waals surface area contributed by atoms with E-state index in [4.69, 9.17) is 9.47 Å². The van der Waals surface area contributed by atoms with E-state index in [-0.39, 0.29) is 25.6 Å². The molecule has 0 spiro atoms. The molecule has 234 valence electrons. The van der Waals surface area contributed by atoms with Crippen LogP contribution in [0, 0.1) is 11.8 Å². The summed E-state index contributed by atoms with van der Waals surface area (Å²) in [5.74, 6) is -3.17. The summed E-state index contributed by atoms with van der Waals surface area (Å²) in [5, 5.41) is 12.6. The largest absolute Gasteiger partial charge is 0.491 e. The van der Waals surface area contributed by atoms with Crippen LogP contribution in [0.1, 0.15) is 84.3 Å². The molecule has 1 fully saturated rings. The highest BCUT2D eigenvalue weighted by molar-refractivity contribution is 6.21. The summed E-state index contributed by atoms with van der Waals surface area (Å²) < 4.78 is 11.4. The number of alkyl carbamates (subject to hydrolysis) is 1. The second kappa shape index (κ2) is 12.7. The van der Waals surface area contributed by atoms with Crippen molar-refractivity contribution >= 4 is 29.8 Å². The first-order chi connectivity index (χ1) is 21.0. The Morgan fingerprint density at radius 2 is 1.61 bits per heavy atom. The van der Waals surface area contributed by atoms with Gasteiger partial charge in [0.05, 0.1) is 42.1 Å². The molecule has 3 aliphatic rings. The van der Waals surface area contributed by atoms with Crippen molar-refractivity contribution in [3.8, 4) is 5.75 Å². The van der Waals surface area contributed by atoms with Crippen LogP contribution in [0.4, 0.5) is 4.79 Å². The van der Waals surface area contributed by atoms with Crippen LogP contribution < -0.4 is 10.1 Å². The zero-order valence-corrected chi connectivity index (χ0v) is 25.3. The lowest BCUT2D eigenvalue weighted by Crippen LogP contribution is -2.50. The molecule has 11 heteroatoms. The molecule has 4 amide bonds. The Kier molecular flexibility index (Phi) is 8.94. The lowest BCUT2D eigenvalue weighted by molar-refractivity contribution is -0.153. The first-order valence-electron chi connectivity index (χ1n) is 15.2. The number of aliphatic carboxylic acids is 1. The van der Waals surface area contributed by atoms with E-state index in [1.807, 2.05) is 12.1 Å². The van der Waals surface area contributed by atoms with Gasteiger partial charge in [0.2, 0.25) is 5.91 Å². The summed E-state index contributed by atoms with van der Waals surface area (Å²) in [4.78, 5) is 68.0. The molecule has 1 saturated carbocycles. The minimum atomic E-state index is -0.987. The Bertz CT molecular complexity index is 1430. The first-order valence-corrected chi connectivity index (χ1v) is 15.2. The molecule has 2 aromatic carbocycles. The Morgan fingerprint density at radius 3 is 2.25 bits per heavy atom. The zero-order chi connectivity index (χ0) is 31.6. The van der Waals surface area contributed by atoms with Crippen molar-refractivity contribution in [1.29, 1.82) is 0 Å². The minimum absolute atomic E-state index is 0.104. The molecule has 0 radical (unpaired) electrons. The van der Waals surface area contributed by atoms with Gasteiger partial charge in [0.15, 0.2) is 0 Å². The lowest BCUT2D eigenvalue weighted by Gasteiger charge is -2.42. The Morgan fingerprint density at radius 1 is 0.955 bits per heavy atom. The summed E-state index contributed by atoms with van der Waals surface area (Å²) in [7, 11) is 0. The number of imide groups is 1. The molecule has 3 atom stereocenters. The molecule has 0 aromatic heterocycles. The lowest BCUT2D eigenvalue weighted by atomic mass is 9.77. The van der Waals surface area contributed by atoms with E-state index >= 15 is 0 Å². The number of ether oxygens (including phenoxy) is 2. The quantitative estimate of drug-likeness (QED) is 0.337. The Balaban J connectivity index is 1.44. The molecule has 0 unspecified atom stereocenters. The standard InChI is InChI=1S/C33H39N3O8/c1-33(2,3)44-32(42)34-16-18-43-26-14-8-9-20-15-17-35(28(37)23-12-6-7-13-24(23)31(40)41)25(27(20)26)19-36-29(38)21-10-4-5-11-22(21)30(36)39/h4-5,8-11,14,23-25H,6-7,12-13,15-19H2,1-3H3,(H,34,42)(H,40,41)/t23-,24+,25-/m1/s1. The number of rotatable bonds is 8. The van der Waals surface area contributed by atoms with E-state index in [2.05, 4.69) is 5.32 Å². The van der Waals surface area contributed by atoms with Crippen LogP contribution in [0.3, 0.4) is 0 Å². The third kappa shape index (κ3) is 6.41. The van der Waals surface area contributed by atoms with Crippen molar-refractivity contribution in [2.24, 2.45) is 11.8 Å². The van der Waals surface area contributed by atoms with Crippen molar-refractivity contribution in [2.45, 2.75) is 64.5 Å². The van der Waals surface area contributed by atoms with Gasteiger partial charge >= 0.3 is 12.1 Å². The van der Waals surface area contributed by atoms with Gasteiger partial charge in [-0.15, -0.1) is 0 Å². The molecule has 2 heterocycles. The highest BCUT2D eigenvalue weighted by Gasteiger charge is 2.45. The maximum absolute atomic E-state index is 14.2. The number of carboxylic acid groups (broad SMARTS) is 1. The number of nitrogens with one attached hydrogen (secondary N) is 1. The number of carbonyl (C=O) groups excluding carboxylic acids is 4. The number of benzene rings is 2. The fourth-order valence-electron chi connectivity index (χ4n) is 6.46. The molecule has 11 nitrogen and oxygen atoms in total. The van der Waals surface area contributed by atoms with Gasteiger partial charge in [-0.3, -0.25) is 24.1 Å². The van der Waals surface area contributed by atoms with Crippen LogP contribution in [0.2, 0.25) is 0 Å². The fourth-order valence-corrected chi connectivity index (χ4v) is 6.46. The number of carbonyl (C=O) groups is 5. The van der Waals surface area contributed by atoms with Crippen LogP contribution >= 0.6 is 0 Å².